The summed E-state index contributed by atoms with van der Waals surface area (Å²) in [7, 11) is 0. The summed E-state index contributed by atoms with van der Waals surface area (Å²) in [4.78, 5) is 11.1. The first kappa shape index (κ1) is 35.9. The number of aryl methyl sites for hydroxylation is 2. The molecule has 0 saturated heterocycles. The molecule has 4 rings (SSSR count). The van der Waals surface area contributed by atoms with Crippen LogP contribution in [0.5, 0.6) is 5.88 Å². The van der Waals surface area contributed by atoms with Gasteiger partial charge in [-0.1, -0.05) is 62.3 Å². The maximum absolute atomic E-state index is 11.1. The number of hydrogen-bond donors (Lipinski definition) is 1. The van der Waals surface area contributed by atoms with E-state index in [1.54, 1.807) is 39.7 Å². The minimum Gasteiger partial charge on any atom is -0.477 e. The molecule has 0 aliphatic heterocycles. The second-order valence-corrected chi connectivity index (χ2v) is 11.8. The monoisotopic (exact) mass is 744 g/mol. The molecule has 4 aromatic rings. The SMILES string of the molecule is Cc1cc(=O)[nH]n1-c1ccc(Cl)c(Cl)c1.Cc1cc(OCCCCCl)nn1-c1ccc(Cl)c(Cl)c1.ClCCCCBr. The van der Waals surface area contributed by atoms with E-state index in [-0.39, 0.29) is 5.56 Å². The van der Waals surface area contributed by atoms with Crippen molar-refractivity contribution in [3.8, 4) is 17.3 Å². The number of ether oxygens (including phenoxy) is 1. The second kappa shape index (κ2) is 19.1. The van der Waals surface area contributed by atoms with Gasteiger partial charge in [-0.25, -0.2) is 4.68 Å². The van der Waals surface area contributed by atoms with Crippen LogP contribution >= 0.6 is 85.5 Å². The van der Waals surface area contributed by atoms with Crippen LogP contribution in [0.1, 0.15) is 37.1 Å². The Morgan fingerprint density at radius 1 is 0.780 bits per heavy atom. The van der Waals surface area contributed by atoms with E-state index in [1.165, 1.54) is 12.5 Å². The number of halogens is 7. The van der Waals surface area contributed by atoms with Crippen molar-refractivity contribution in [3.63, 3.8) is 0 Å². The van der Waals surface area contributed by atoms with Crippen LogP contribution in [0.15, 0.2) is 53.3 Å². The third kappa shape index (κ3) is 12.1. The molecule has 0 aliphatic rings. The zero-order valence-electron chi connectivity index (χ0n) is 22.6. The molecule has 224 valence electrons. The van der Waals surface area contributed by atoms with Gasteiger partial charge < -0.3 is 4.74 Å². The average molecular weight is 748 g/mol. The molecule has 2 heterocycles. The van der Waals surface area contributed by atoms with Crippen molar-refractivity contribution in [2.75, 3.05) is 23.7 Å². The van der Waals surface area contributed by atoms with Crippen LogP contribution in [0.2, 0.25) is 20.1 Å². The molecule has 0 bridgehead atoms. The predicted molar refractivity (Wildman–Crippen MR) is 179 cm³/mol. The van der Waals surface area contributed by atoms with Gasteiger partial charge in [-0.3, -0.25) is 14.6 Å². The van der Waals surface area contributed by atoms with Crippen molar-refractivity contribution in [1.82, 2.24) is 19.6 Å². The number of aromatic nitrogens is 4. The highest BCUT2D eigenvalue weighted by atomic mass is 79.9. The Balaban J connectivity index is 0.000000246. The average Bonchev–Trinajstić information content (AvgIpc) is 3.49. The maximum Gasteiger partial charge on any atom is 0.264 e. The third-order valence-electron chi connectivity index (χ3n) is 5.38. The molecule has 0 atom stereocenters. The first-order valence-corrected chi connectivity index (χ1v) is 16.4. The molecular formula is C28H31BrCl6N4O2. The summed E-state index contributed by atoms with van der Waals surface area (Å²) in [6, 6.07) is 14.0. The number of nitrogens with one attached hydrogen (secondary N) is 1. The lowest BCUT2D eigenvalue weighted by Crippen LogP contribution is -2.04. The first-order chi connectivity index (χ1) is 19.6. The molecule has 0 spiro atoms. The summed E-state index contributed by atoms with van der Waals surface area (Å²) in [6.07, 6.45) is 4.19. The quantitative estimate of drug-likeness (QED) is 0.130. The van der Waals surface area contributed by atoms with Crippen LogP contribution in [0.3, 0.4) is 0 Å². The standard InChI is InChI=1S/C14H15Cl3N2O.C10H8Cl2N2O.C4H8BrCl/c1-10-8-14(20-7-3-2-6-15)18-19(10)11-4-5-12(16)13(17)9-11;1-6-4-10(15)13-14(6)7-2-3-8(11)9(12)5-7;5-3-1-2-4-6/h4-5,8-9H,2-3,6-7H2,1H3;2-5H,1H3,(H,13,15);1-4H2. The van der Waals surface area contributed by atoms with E-state index in [2.05, 4.69) is 26.1 Å². The smallest absolute Gasteiger partial charge is 0.264 e. The fourth-order valence-electron chi connectivity index (χ4n) is 3.33. The molecular weight excluding hydrogens is 717 g/mol. The molecule has 0 aliphatic carbocycles. The second-order valence-electron chi connectivity index (χ2n) is 8.66. The van der Waals surface area contributed by atoms with Gasteiger partial charge in [-0.15, -0.1) is 28.3 Å². The van der Waals surface area contributed by atoms with Gasteiger partial charge in [0.2, 0.25) is 5.88 Å². The Morgan fingerprint density at radius 3 is 1.88 bits per heavy atom. The van der Waals surface area contributed by atoms with E-state index in [4.69, 9.17) is 74.3 Å². The van der Waals surface area contributed by atoms with Gasteiger partial charge in [-0.05, 0) is 75.9 Å². The van der Waals surface area contributed by atoms with Gasteiger partial charge in [-0.2, -0.15) is 0 Å². The summed E-state index contributed by atoms with van der Waals surface area (Å²) < 4.78 is 9.03. The Kier molecular flexibility index (Phi) is 16.7. The van der Waals surface area contributed by atoms with Gasteiger partial charge in [0.1, 0.15) is 0 Å². The van der Waals surface area contributed by atoms with Crippen LogP contribution < -0.4 is 10.3 Å². The number of benzene rings is 2. The van der Waals surface area contributed by atoms with E-state index in [9.17, 15) is 4.79 Å². The fraction of sp³-hybridized carbons (Fsp3) is 0.357. The Labute approximate surface area is 278 Å². The number of alkyl halides is 3. The highest BCUT2D eigenvalue weighted by molar-refractivity contribution is 9.09. The Morgan fingerprint density at radius 2 is 1.37 bits per heavy atom. The summed E-state index contributed by atoms with van der Waals surface area (Å²) in [5, 5.41) is 10.1. The Bertz CT molecular complexity index is 1420. The van der Waals surface area contributed by atoms with Crippen LogP contribution in [-0.4, -0.2) is 43.3 Å². The van der Waals surface area contributed by atoms with E-state index < -0.39 is 0 Å². The molecule has 0 amide bonds. The lowest BCUT2D eigenvalue weighted by atomic mass is 10.3. The number of aromatic amines is 1. The molecule has 0 fully saturated rings. The normalized spacial score (nSPS) is 10.5. The molecule has 0 unspecified atom stereocenters. The summed E-state index contributed by atoms with van der Waals surface area (Å²) in [6.45, 7) is 4.41. The van der Waals surface area contributed by atoms with Crippen LogP contribution in [0.25, 0.3) is 11.4 Å². The van der Waals surface area contributed by atoms with Gasteiger partial charge in [0.25, 0.3) is 5.56 Å². The van der Waals surface area contributed by atoms with Gasteiger partial charge in [0.05, 0.1) is 38.1 Å². The van der Waals surface area contributed by atoms with Gasteiger partial charge >= 0.3 is 0 Å². The van der Waals surface area contributed by atoms with Crippen LogP contribution in [0.4, 0.5) is 0 Å². The lowest BCUT2D eigenvalue weighted by molar-refractivity contribution is 0.296. The van der Waals surface area contributed by atoms with E-state index >= 15 is 0 Å². The molecule has 6 nitrogen and oxygen atoms in total. The largest absolute Gasteiger partial charge is 0.477 e. The molecule has 2 aromatic heterocycles. The topological polar surface area (TPSA) is 64.8 Å². The van der Waals surface area contributed by atoms with Crippen molar-refractivity contribution in [2.45, 2.75) is 39.5 Å². The molecule has 2 aromatic carbocycles. The summed E-state index contributed by atoms with van der Waals surface area (Å²) in [5.41, 5.74) is 3.28. The predicted octanol–water partition coefficient (Wildman–Crippen LogP) is 10.1. The molecule has 1 N–H and O–H groups in total. The summed E-state index contributed by atoms with van der Waals surface area (Å²) >= 11 is 37.9. The lowest BCUT2D eigenvalue weighted by Gasteiger charge is -2.06. The highest BCUT2D eigenvalue weighted by Crippen LogP contribution is 2.26. The van der Waals surface area contributed by atoms with Crippen molar-refractivity contribution in [1.29, 1.82) is 0 Å². The van der Waals surface area contributed by atoms with Crippen LogP contribution in [0, 0.1) is 13.8 Å². The minimum absolute atomic E-state index is 0.140. The Hall–Kier alpha value is -1.32. The molecule has 0 saturated carbocycles. The maximum atomic E-state index is 11.1. The zero-order chi connectivity index (χ0) is 30.4. The fourth-order valence-corrected chi connectivity index (χ4v) is 4.69. The van der Waals surface area contributed by atoms with Crippen molar-refractivity contribution in [2.24, 2.45) is 0 Å². The molecule has 41 heavy (non-hydrogen) atoms. The number of hydrogen-bond acceptors (Lipinski definition) is 3. The third-order valence-corrected chi connectivity index (χ3v) is 7.96. The van der Waals surface area contributed by atoms with Crippen molar-refractivity contribution in [3.05, 3.63) is 90.4 Å². The number of H-pyrrole nitrogens is 1. The van der Waals surface area contributed by atoms with E-state index in [1.807, 2.05) is 26.0 Å². The minimum atomic E-state index is -0.140. The first-order valence-electron chi connectivity index (χ1n) is 12.7. The van der Waals surface area contributed by atoms with Crippen molar-refractivity contribution < 1.29 is 4.74 Å². The van der Waals surface area contributed by atoms with Gasteiger partial charge in [0, 0.05) is 40.6 Å². The summed E-state index contributed by atoms with van der Waals surface area (Å²) in [5.74, 6) is 2.05. The van der Waals surface area contributed by atoms with E-state index in [0.29, 0.717) is 38.5 Å². The highest BCUT2D eigenvalue weighted by Gasteiger charge is 2.09. The zero-order valence-corrected chi connectivity index (χ0v) is 28.7. The molecule has 13 heteroatoms. The number of nitrogens with zero attached hydrogens (tertiary/aromatic N) is 3. The molecule has 0 radical (unpaired) electrons. The van der Waals surface area contributed by atoms with E-state index in [0.717, 1.165) is 53.2 Å². The number of rotatable bonds is 10. The van der Waals surface area contributed by atoms with Crippen LogP contribution in [-0.2, 0) is 0 Å². The number of unbranched alkanes of at least 4 members (excludes halogenated alkanes) is 2. The van der Waals surface area contributed by atoms with Crippen molar-refractivity contribution >= 4 is 85.5 Å². The van der Waals surface area contributed by atoms with Gasteiger partial charge in [0.15, 0.2) is 0 Å².